The number of hydrogen-bond acceptors (Lipinski definition) is 3. The smallest absolute Gasteiger partial charge is 0.103 e. The topological polar surface area (TPSA) is 38.5 Å². The van der Waals surface area contributed by atoms with Crippen molar-refractivity contribution in [3.05, 3.63) is 34.9 Å². The number of aryl methyl sites for hydroxylation is 1. The summed E-state index contributed by atoms with van der Waals surface area (Å²) >= 11 is 5.02. The third-order valence-electron chi connectivity index (χ3n) is 4.25. The Morgan fingerprint density at radius 3 is 2.85 bits per heavy atom. The molecular weight excluding hydrogens is 268 g/mol. The van der Waals surface area contributed by atoms with Crippen molar-refractivity contribution in [2.24, 2.45) is 5.73 Å². The van der Waals surface area contributed by atoms with E-state index >= 15 is 0 Å². The fraction of sp³-hybridized carbons (Fsp3) is 0.562. The normalized spacial score (nSPS) is 23.8. The van der Waals surface area contributed by atoms with Crippen molar-refractivity contribution < 1.29 is 4.74 Å². The van der Waals surface area contributed by atoms with E-state index in [2.05, 4.69) is 30.9 Å². The van der Waals surface area contributed by atoms with E-state index in [4.69, 9.17) is 22.7 Å². The summed E-state index contributed by atoms with van der Waals surface area (Å²) in [6, 6.07) is 6.24. The molecule has 2 rings (SSSR count). The van der Waals surface area contributed by atoms with Gasteiger partial charge in [-0.1, -0.05) is 24.4 Å². The first-order valence-corrected chi connectivity index (χ1v) is 7.51. The molecule has 1 fully saturated rings. The Morgan fingerprint density at radius 1 is 1.50 bits per heavy atom. The standard InChI is InChI=1S/C16H24N2OS/c1-12-9-13(15(17)20)5-6-14(12)10-18-8-4-7-16(2,11-18)19-3/h5-6,9H,4,7-8,10-11H2,1-3H3,(H2,17,20). The molecule has 1 aromatic carbocycles. The van der Waals surface area contributed by atoms with Crippen LogP contribution in [0.4, 0.5) is 0 Å². The predicted octanol–water partition coefficient (Wildman–Crippen LogP) is 2.63. The SMILES string of the molecule is COC1(C)CCCN(Cc2ccc(C(N)=S)cc2C)C1. The van der Waals surface area contributed by atoms with Crippen LogP contribution in [0, 0.1) is 6.92 Å². The molecule has 1 saturated heterocycles. The lowest BCUT2D eigenvalue weighted by molar-refractivity contribution is -0.0527. The second kappa shape index (κ2) is 6.20. The van der Waals surface area contributed by atoms with Gasteiger partial charge in [-0.3, -0.25) is 4.90 Å². The molecule has 4 heteroatoms. The Kier molecular flexibility index (Phi) is 4.78. The summed E-state index contributed by atoms with van der Waals surface area (Å²) in [7, 11) is 1.81. The van der Waals surface area contributed by atoms with Gasteiger partial charge in [0.15, 0.2) is 0 Å². The third kappa shape index (κ3) is 3.57. The lowest BCUT2D eigenvalue weighted by Crippen LogP contribution is -2.46. The molecule has 0 radical (unpaired) electrons. The summed E-state index contributed by atoms with van der Waals surface area (Å²) in [4.78, 5) is 2.93. The Balaban J connectivity index is 2.08. The van der Waals surface area contributed by atoms with E-state index < -0.39 is 0 Å². The number of benzene rings is 1. The number of likely N-dealkylation sites (tertiary alicyclic amines) is 1. The highest BCUT2D eigenvalue weighted by molar-refractivity contribution is 7.80. The molecule has 1 aliphatic rings. The van der Waals surface area contributed by atoms with E-state index in [1.165, 1.54) is 17.5 Å². The number of thiocarbonyl (C=S) groups is 1. The van der Waals surface area contributed by atoms with Crippen molar-refractivity contribution in [2.75, 3.05) is 20.2 Å². The van der Waals surface area contributed by atoms with Gasteiger partial charge in [0.25, 0.3) is 0 Å². The van der Waals surface area contributed by atoms with Crippen LogP contribution >= 0.6 is 12.2 Å². The van der Waals surface area contributed by atoms with E-state index in [0.29, 0.717) is 4.99 Å². The zero-order valence-corrected chi connectivity index (χ0v) is 13.4. The number of piperidine rings is 1. The lowest BCUT2D eigenvalue weighted by atomic mass is 9.94. The van der Waals surface area contributed by atoms with Crippen molar-refractivity contribution in [1.82, 2.24) is 4.90 Å². The Bertz CT molecular complexity index is 503. The number of hydrogen-bond donors (Lipinski definition) is 1. The van der Waals surface area contributed by atoms with Crippen LogP contribution in [0.2, 0.25) is 0 Å². The first-order chi connectivity index (χ1) is 9.43. The van der Waals surface area contributed by atoms with Crippen LogP contribution in [0.15, 0.2) is 18.2 Å². The van der Waals surface area contributed by atoms with Crippen LogP contribution in [-0.4, -0.2) is 35.7 Å². The minimum atomic E-state index is -0.00901. The quantitative estimate of drug-likeness (QED) is 0.866. The van der Waals surface area contributed by atoms with E-state index in [-0.39, 0.29) is 5.60 Å². The van der Waals surface area contributed by atoms with Crippen molar-refractivity contribution in [3.63, 3.8) is 0 Å². The third-order valence-corrected chi connectivity index (χ3v) is 4.49. The second-order valence-electron chi connectivity index (χ2n) is 5.97. The van der Waals surface area contributed by atoms with Crippen molar-refractivity contribution in [1.29, 1.82) is 0 Å². The van der Waals surface area contributed by atoms with Crippen LogP contribution in [0.25, 0.3) is 0 Å². The van der Waals surface area contributed by atoms with Crippen LogP contribution < -0.4 is 5.73 Å². The highest BCUT2D eigenvalue weighted by Gasteiger charge is 2.30. The van der Waals surface area contributed by atoms with Gasteiger partial charge in [-0.2, -0.15) is 0 Å². The molecule has 0 spiro atoms. The summed E-state index contributed by atoms with van der Waals surface area (Å²) in [5.74, 6) is 0. The Morgan fingerprint density at radius 2 is 2.25 bits per heavy atom. The van der Waals surface area contributed by atoms with Crippen molar-refractivity contribution in [3.8, 4) is 0 Å². The Hall–Kier alpha value is -0.970. The van der Waals surface area contributed by atoms with E-state index in [1.54, 1.807) is 0 Å². The van der Waals surface area contributed by atoms with Gasteiger partial charge < -0.3 is 10.5 Å². The molecule has 0 bridgehead atoms. The molecule has 0 aliphatic carbocycles. The molecule has 3 nitrogen and oxygen atoms in total. The summed E-state index contributed by atoms with van der Waals surface area (Å²) < 4.78 is 5.65. The molecule has 1 aliphatic heterocycles. The molecule has 1 heterocycles. The van der Waals surface area contributed by atoms with E-state index in [0.717, 1.165) is 31.6 Å². The van der Waals surface area contributed by atoms with Gasteiger partial charge >= 0.3 is 0 Å². The van der Waals surface area contributed by atoms with E-state index in [9.17, 15) is 0 Å². The lowest BCUT2D eigenvalue weighted by Gasteiger charge is -2.39. The minimum absolute atomic E-state index is 0.00901. The molecule has 0 amide bonds. The summed E-state index contributed by atoms with van der Waals surface area (Å²) in [5, 5.41) is 0. The highest BCUT2D eigenvalue weighted by Crippen LogP contribution is 2.25. The molecule has 1 atom stereocenters. The van der Waals surface area contributed by atoms with Crippen LogP contribution in [0.5, 0.6) is 0 Å². The highest BCUT2D eigenvalue weighted by atomic mass is 32.1. The molecule has 0 saturated carbocycles. The van der Waals surface area contributed by atoms with Gasteiger partial charge in [-0.15, -0.1) is 0 Å². The van der Waals surface area contributed by atoms with Crippen LogP contribution in [-0.2, 0) is 11.3 Å². The summed E-state index contributed by atoms with van der Waals surface area (Å²) in [6.07, 6.45) is 2.33. The number of nitrogens with zero attached hydrogens (tertiary/aromatic N) is 1. The van der Waals surface area contributed by atoms with E-state index in [1.807, 2.05) is 13.2 Å². The van der Waals surface area contributed by atoms with Crippen LogP contribution in [0.3, 0.4) is 0 Å². The van der Waals surface area contributed by atoms with Gasteiger partial charge in [-0.05, 0) is 50.4 Å². The number of rotatable bonds is 4. The number of methoxy groups -OCH3 is 1. The van der Waals surface area contributed by atoms with Gasteiger partial charge in [0.2, 0.25) is 0 Å². The first kappa shape index (κ1) is 15.4. The fourth-order valence-corrected chi connectivity index (χ4v) is 3.00. The maximum Gasteiger partial charge on any atom is 0.103 e. The van der Waals surface area contributed by atoms with Gasteiger partial charge in [-0.25, -0.2) is 0 Å². The summed E-state index contributed by atoms with van der Waals surface area (Å²) in [5.41, 5.74) is 9.20. The molecule has 1 unspecified atom stereocenters. The maximum atomic E-state index is 5.68. The molecule has 0 aromatic heterocycles. The largest absolute Gasteiger partial charge is 0.389 e. The molecule has 20 heavy (non-hydrogen) atoms. The maximum absolute atomic E-state index is 5.68. The zero-order chi connectivity index (χ0) is 14.8. The monoisotopic (exact) mass is 292 g/mol. The second-order valence-corrected chi connectivity index (χ2v) is 6.41. The minimum Gasteiger partial charge on any atom is -0.389 e. The fourth-order valence-electron chi connectivity index (χ4n) is 2.88. The van der Waals surface area contributed by atoms with Gasteiger partial charge in [0, 0.05) is 25.8 Å². The van der Waals surface area contributed by atoms with Crippen molar-refractivity contribution >= 4 is 17.2 Å². The van der Waals surface area contributed by atoms with Crippen molar-refractivity contribution in [2.45, 2.75) is 38.8 Å². The molecular formula is C16H24N2OS. The summed E-state index contributed by atoms with van der Waals surface area (Å²) in [6.45, 7) is 7.40. The average Bonchev–Trinajstić information content (AvgIpc) is 2.41. The zero-order valence-electron chi connectivity index (χ0n) is 12.6. The van der Waals surface area contributed by atoms with Crippen LogP contribution in [0.1, 0.15) is 36.5 Å². The molecule has 110 valence electrons. The number of nitrogens with two attached hydrogens (primary N) is 1. The Labute approximate surface area is 127 Å². The van der Waals surface area contributed by atoms with Gasteiger partial charge in [0.05, 0.1) is 5.60 Å². The predicted molar refractivity (Wildman–Crippen MR) is 87.0 cm³/mol. The molecule has 1 aromatic rings. The van der Waals surface area contributed by atoms with Gasteiger partial charge in [0.1, 0.15) is 4.99 Å². The first-order valence-electron chi connectivity index (χ1n) is 7.10. The average molecular weight is 292 g/mol. The molecule has 2 N–H and O–H groups in total. The number of ether oxygens (including phenoxy) is 1.